The number of hydrogen-bond donors (Lipinski definition) is 1. The van der Waals surface area contributed by atoms with Gasteiger partial charge in [0.15, 0.2) is 0 Å². The van der Waals surface area contributed by atoms with E-state index in [0.717, 1.165) is 19.6 Å². The molecule has 0 aromatic carbocycles. The summed E-state index contributed by atoms with van der Waals surface area (Å²) in [5, 5.41) is 3.47. The minimum absolute atomic E-state index is 0.301. The first-order chi connectivity index (χ1) is 9.69. The maximum absolute atomic E-state index is 4.46. The van der Waals surface area contributed by atoms with Crippen LogP contribution in [0.3, 0.4) is 0 Å². The summed E-state index contributed by atoms with van der Waals surface area (Å²) in [6, 6.07) is 0.682. The topological polar surface area (TPSA) is 33.1 Å². The van der Waals surface area contributed by atoms with Crippen LogP contribution in [0.25, 0.3) is 0 Å². The summed E-state index contributed by atoms with van der Waals surface area (Å²) in [6.07, 6.45) is 10.7. The second-order valence-electron chi connectivity index (χ2n) is 6.87. The Hall–Kier alpha value is -0.870. The summed E-state index contributed by atoms with van der Waals surface area (Å²) in [4.78, 5) is 6.98. The van der Waals surface area contributed by atoms with Crippen LogP contribution in [0.15, 0.2) is 12.5 Å². The Kier molecular flexibility index (Phi) is 4.13. The molecule has 2 aliphatic heterocycles. The molecule has 0 amide bonds. The molecule has 3 heterocycles. The summed E-state index contributed by atoms with van der Waals surface area (Å²) in [5.74, 6) is 0. The lowest BCUT2D eigenvalue weighted by atomic mass is 9.78. The zero-order valence-corrected chi connectivity index (χ0v) is 12.9. The fourth-order valence-electron chi connectivity index (χ4n) is 3.81. The van der Waals surface area contributed by atoms with E-state index in [4.69, 9.17) is 0 Å². The third-order valence-electron chi connectivity index (χ3n) is 5.37. The van der Waals surface area contributed by atoms with E-state index >= 15 is 0 Å². The first-order valence-corrected chi connectivity index (χ1v) is 8.11. The lowest BCUT2D eigenvalue weighted by Crippen LogP contribution is -2.42. The van der Waals surface area contributed by atoms with E-state index in [1.165, 1.54) is 44.3 Å². The molecular weight excluding hydrogens is 248 g/mol. The summed E-state index contributed by atoms with van der Waals surface area (Å²) in [5.41, 5.74) is 1.74. The largest absolute Gasteiger partial charge is 0.332 e. The van der Waals surface area contributed by atoms with Crippen molar-refractivity contribution >= 4 is 0 Å². The van der Waals surface area contributed by atoms with Gasteiger partial charge in [-0.05, 0) is 52.4 Å². The van der Waals surface area contributed by atoms with Crippen molar-refractivity contribution < 1.29 is 0 Å². The average Bonchev–Trinajstić information content (AvgIpc) is 2.91. The summed E-state index contributed by atoms with van der Waals surface area (Å²) in [6.45, 7) is 7.02. The molecule has 1 N–H and O–H groups in total. The van der Waals surface area contributed by atoms with E-state index in [1.807, 2.05) is 6.33 Å². The zero-order chi connectivity index (χ0) is 14.0. The molecule has 1 aromatic rings. The summed E-state index contributed by atoms with van der Waals surface area (Å²) < 4.78 is 2.43. The predicted octanol–water partition coefficient (Wildman–Crippen LogP) is 2.01. The first kappa shape index (κ1) is 14.1. The number of nitrogens with zero attached hydrogens (tertiary/aromatic N) is 3. The number of likely N-dealkylation sites (N-methyl/N-ethyl adjacent to an activating group) is 1. The van der Waals surface area contributed by atoms with Crippen molar-refractivity contribution in [1.29, 1.82) is 0 Å². The van der Waals surface area contributed by atoms with E-state index < -0.39 is 0 Å². The smallest absolute Gasteiger partial charge is 0.0948 e. The molecule has 0 spiro atoms. The van der Waals surface area contributed by atoms with Gasteiger partial charge in [-0.2, -0.15) is 0 Å². The molecule has 3 rings (SSSR count). The predicted molar refractivity (Wildman–Crippen MR) is 82.0 cm³/mol. The molecule has 0 saturated carbocycles. The monoisotopic (exact) mass is 276 g/mol. The Balaban J connectivity index is 1.76. The Labute approximate surface area is 122 Å². The number of piperidine rings is 2. The highest BCUT2D eigenvalue weighted by Gasteiger charge is 2.32. The standard InChI is InChI=1S/C16H28N4/c1-16(6-8-17-9-7-16)15-11-18-13-20(15)12-14-5-3-4-10-19(14)2/h11,13-14,17H,3-10,12H2,1-2H3. The molecule has 2 fully saturated rings. The molecule has 4 nitrogen and oxygen atoms in total. The van der Waals surface area contributed by atoms with E-state index in [0.29, 0.717) is 11.5 Å². The van der Waals surface area contributed by atoms with Crippen LogP contribution in [0.1, 0.15) is 44.7 Å². The van der Waals surface area contributed by atoms with Crippen molar-refractivity contribution in [2.45, 2.75) is 57.0 Å². The Morgan fingerprint density at radius 1 is 1.35 bits per heavy atom. The molecule has 0 radical (unpaired) electrons. The van der Waals surface area contributed by atoms with Crippen LogP contribution < -0.4 is 5.32 Å². The Morgan fingerprint density at radius 2 is 2.15 bits per heavy atom. The molecule has 0 aliphatic carbocycles. The minimum atomic E-state index is 0.301. The number of hydrogen-bond acceptors (Lipinski definition) is 3. The fraction of sp³-hybridized carbons (Fsp3) is 0.812. The van der Waals surface area contributed by atoms with Gasteiger partial charge in [0.1, 0.15) is 0 Å². The van der Waals surface area contributed by atoms with Crippen molar-refractivity contribution in [3.05, 3.63) is 18.2 Å². The van der Waals surface area contributed by atoms with Crippen molar-refractivity contribution in [3.63, 3.8) is 0 Å². The maximum Gasteiger partial charge on any atom is 0.0948 e. The molecule has 1 aromatic heterocycles. The highest BCUT2D eigenvalue weighted by Crippen LogP contribution is 2.33. The number of rotatable bonds is 3. The van der Waals surface area contributed by atoms with Gasteiger partial charge in [-0.15, -0.1) is 0 Å². The number of nitrogens with one attached hydrogen (secondary N) is 1. The molecule has 0 bridgehead atoms. The molecule has 2 aliphatic rings. The van der Waals surface area contributed by atoms with Crippen LogP contribution >= 0.6 is 0 Å². The highest BCUT2D eigenvalue weighted by molar-refractivity contribution is 5.15. The molecular formula is C16H28N4. The van der Waals surface area contributed by atoms with Crippen LogP contribution in [0, 0.1) is 0 Å². The van der Waals surface area contributed by atoms with Gasteiger partial charge in [-0.25, -0.2) is 4.98 Å². The molecule has 4 heteroatoms. The Morgan fingerprint density at radius 3 is 2.90 bits per heavy atom. The van der Waals surface area contributed by atoms with E-state index in [1.54, 1.807) is 0 Å². The van der Waals surface area contributed by atoms with Gasteiger partial charge in [0, 0.05) is 29.9 Å². The third kappa shape index (κ3) is 2.77. The number of imidazole rings is 1. The molecule has 20 heavy (non-hydrogen) atoms. The van der Waals surface area contributed by atoms with Crippen molar-refractivity contribution in [1.82, 2.24) is 19.8 Å². The van der Waals surface area contributed by atoms with E-state index in [-0.39, 0.29) is 0 Å². The molecule has 2 saturated heterocycles. The van der Waals surface area contributed by atoms with Crippen LogP contribution in [0.5, 0.6) is 0 Å². The van der Waals surface area contributed by atoms with Gasteiger partial charge < -0.3 is 14.8 Å². The summed E-state index contributed by atoms with van der Waals surface area (Å²) >= 11 is 0. The van der Waals surface area contributed by atoms with Gasteiger partial charge in [0.2, 0.25) is 0 Å². The van der Waals surface area contributed by atoms with Crippen LogP contribution in [-0.2, 0) is 12.0 Å². The molecule has 1 atom stereocenters. The van der Waals surface area contributed by atoms with Crippen molar-refractivity contribution in [3.8, 4) is 0 Å². The average molecular weight is 276 g/mol. The third-order valence-corrected chi connectivity index (χ3v) is 5.37. The van der Waals surface area contributed by atoms with Gasteiger partial charge >= 0.3 is 0 Å². The quantitative estimate of drug-likeness (QED) is 0.917. The minimum Gasteiger partial charge on any atom is -0.332 e. The summed E-state index contributed by atoms with van der Waals surface area (Å²) in [7, 11) is 2.27. The van der Waals surface area contributed by atoms with E-state index in [9.17, 15) is 0 Å². The zero-order valence-electron chi connectivity index (χ0n) is 12.9. The van der Waals surface area contributed by atoms with Crippen LogP contribution in [0.4, 0.5) is 0 Å². The highest BCUT2D eigenvalue weighted by atomic mass is 15.2. The second-order valence-corrected chi connectivity index (χ2v) is 6.87. The fourth-order valence-corrected chi connectivity index (χ4v) is 3.81. The normalized spacial score (nSPS) is 27.6. The second kappa shape index (κ2) is 5.86. The molecule has 1 unspecified atom stereocenters. The van der Waals surface area contributed by atoms with Gasteiger partial charge in [-0.3, -0.25) is 0 Å². The maximum atomic E-state index is 4.46. The van der Waals surface area contributed by atoms with Gasteiger partial charge in [0.25, 0.3) is 0 Å². The lowest BCUT2D eigenvalue weighted by Gasteiger charge is -2.37. The van der Waals surface area contributed by atoms with Gasteiger partial charge in [-0.1, -0.05) is 13.3 Å². The SMILES string of the molecule is CN1CCCCC1Cn1cncc1C1(C)CCNCC1. The first-order valence-electron chi connectivity index (χ1n) is 8.11. The van der Waals surface area contributed by atoms with Crippen molar-refractivity contribution in [2.75, 3.05) is 26.7 Å². The van der Waals surface area contributed by atoms with Crippen LogP contribution in [0.2, 0.25) is 0 Å². The van der Waals surface area contributed by atoms with Crippen molar-refractivity contribution in [2.24, 2.45) is 0 Å². The number of likely N-dealkylation sites (tertiary alicyclic amines) is 1. The molecule has 112 valence electrons. The van der Waals surface area contributed by atoms with Gasteiger partial charge in [0.05, 0.1) is 6.33 Å². The van der Waals surface area contributed by atoms with Crippen LogP contribution in [-0.4, -0.2) is 47.2 Å². The Bertz CT molecular complexity index is 433. The lowest BCUT2D eigenvalue weighted by molar-refractivity contribution is 0.164. The van der Waals surface area contributed by atoms with E-state index in [2.05, 4.69) is 39.9 Å². The number of aromatic nitrogens is 2.